The van der Waals surface area contributed by atoms with E-state index in [1.165, 1.54) is 0 Å². The van der Waals surface area contributed by atoms with E-state index in [0.29, 0.717) is 0 Å². The number of rotatable bonds is 11. The molecule has 132 valence electrons. The molecule has 0 saturated heterocycles. The first-order valence-electron chi connectivity index (χ1n) is 6.56. The Hall–Kier alpha value is -1.14. The predicted molar refractivity (Wildman–Crippen MR) is 88.7 cm³/mol. The van der Waals surface area contributed by atoms with Crippen LogP contribution in [0.4, 0.5) is 0 Å². The molecular weight excluding hydrogens is 346 g/mol. The molecule has 3 unspecified atom stereocenters. The van der Waals surface area contributed by atoms with Crippen molar-refractivity contribution in [2.75, 3.05) is 11.5 Å². The molecule has 0 spiro atoms. The SMILES string of the molecule is NC(CCCC(=O)C(N)(CS)C(=O)O)C(=O)C(N)(CS)C(=O)O. The van der Waals surface area contributed by atoms with Gasteiger partial charge in [0.2, 0.25) is 0 Å². The molecule has 0 bridgehead atoms. The van der Waals surface area contributed by atoms with Gasteiger partial charge in [0.1, 0.15) is 0 Å². The van der Waals surface area contributed by atoms with Crippen LogP contribution in [0.3, 0.4) is 0 Å². The van der Waals surface area contributed by atoms with E-state index in [1.807, 2.05) is 0 Å². The minimum absolute atomic E-state index is 0.0488. The van der Waals surface area contributed by atoms with Crippen molar-refractivity contribution in [3.8, 4) is 0 Å². The molecule has 0 saturated carbocycles. The van der Waals surface area contributed by atoms with Crippen LogP contribution in [0, 0.1) is 0 Å². The summed E-state index contributed by atoms with van der Waals surface area (Å²) in [7, 11) is 0. The molecule has 8 N–H and O–H groups in total. The van der Waals surface area contributed by atoms with Crippen LogP contribution in [-0.4, -0.2) is 62.3 Å². The number of nitrogens with two attached hydrogens (primary N) is 3. The molecule has 9 nitrogen and oxygen atoms in total. The van der Waals surface area contributed by atoms with E-state index in [2.05, 4.69) is 25.3 Å². The molecule has 0 aromatic heterocycles. The first kappa shape index (κ1) is 21.9. The van der Waals surface area contributed by atoms with Crippen LogP contribution in [0.25, 0.3) is 0 Å². The zero-order valence-corrected chi connectivity index (χ0v) is 14.1. The summed E-state index contributed by atoms with van der Waals surface area (Å²) in [6, 6.07) is -1.22. The van der Waals surface area contributed by atoms with Gasteiger partial charge in [0.05, 0.1) is 6.04 Å². The Kier molecular flexibility index (Phi) is 8.21. The molecule has 23 heavy (non-hydrogen) atoms. The maximum absolute atomic E-state index is 12.0. The Balaban J connectivity index is 4.71. The van der Waals surface area contributed by atoms with Crippen molar-refractivity contribution in [1.82, 2.24) is 0 Å². The third kappa shape index (κ3) is 4.91. The lowest BCUT2D eigenvalue weighted by atomic mass is 9.88. The standard InChI is InChI=1S/C12H21N3O6S2/c13-6(8(17)12(15,5-23)10(20)21)2-1-3-7(16)11(14,4-22)9(18)19/h6,22-23H,1-5,13-15H2,(H,18,19)(H,20,21). The van der Waals surface area contributed by atoms with E-state index in [0.717, 1.165) is 0 Å². The van der Waals surface area contributed by atoms with E-state index in [9.17, 15) is 19.2 Å². The van der Waals surface area contributed by atoms with Crippen LogP contribution < -0.4 is 17.2 Å². The monoisotopic (exact) mass is 367 g/mol. The Morgan fingerprint density at radius 2 is 1.39 bits per heavy atom. The molecule has 0 radical (unpaired) electrons. The minimum Gasteiger partial charge on any atom is -0.480 e. The zero-order valence-electron chi connectivity index (χ0n) is 12.3. The van der Waals surface area contributed by atoms with Gasteiger partial charge in [-0.3, -0.25) is 9.59 Å². The second kappa shape index (κ2) is 8.64. The van der Waals surface area contributed by atoms with Gasteiger partial charge in [-0.25, -0.2) is 9.59 Å². The van der Waals surface area contributed by atoms with Crippen LogP contribution in [0.5, 0.6) is 0 Å². The normalized spacial score (nSPS) is 17.6. The number of ketones is 2. The maximum atomic E-state index is 12.0. The number of thiol groups is 2. The van der Waals surface area contributed by atoms with Gasteiger partial charge < -0.3 is 27.4 Å². The highest BCUT2D eigenvalue weighted by Crippen LogP contribution is 2.14. The van der Waals surface area contributed by atoms with Gasteiger partial charge in [0.15, 0.2) is 22.6 Å². The number of aliphatic carboxylic acids is 2. The number of carboxylic acids is 2. The van der Waals surface area contributed by atoms with E-state index in [-0.39, 0.29) is 25.0 Å². The number of hydrogen-bond acceptors (Lipinski definition) is 9. The number of carbonyl (C=O) groups excluding carboxylic acids is 2. The molecule has 0 aromatic carbocycles. The molecule has 0 heterocycles. The van der Waals surface area contributed by atoms with Crippen molar-refractivity contribution in [2.24, 2.45) is 17.2 Å². The molecular formula is C12H21N3O6S2. The summed E-state index contributed by atoms with van der Waals surface area (Å²) < 4.78 is 0. The second-order valence-corrected chi connectivity index (χ2v) is 5.79. The van der Waals surface area contributed by atoms with Crippen molar-refractivity contribution < 1.29 is 29.4 Å². The summed E-state index contributed by atoms with van der Waals surface area (Å²) in [6.45, 7) is 0. The largest absolute Gasteiger partial charge is 0.480 e. The number of carboxylic acid groups (broad SMARTS) is 2. The predicted octanol–water partition coefficient (Wildman–Crippen LogP) is -1.95. The zero-order chi connectivity index (χ0) is 18.4. The van der Waals surface area contributed by atoms with E-state index >= 15 is 0 Å². The Labute approximate surface area is 143 Å². The molecule has 0 amide bonds. The van der Waals surface area contributed by atoms with Crippen LogP contribution in [0.15, 0.2) is 0 Å². The Bertz CT molecular complexity index is 503. The summed E-state index contributed by atoms with van der Waals surface area (Å²) in [5, 5.41) is 17.9. The topological polar surface area (TPSA) is 187 Å². The van der Waals surface area contributed by atoms with Crippen LogP contribution in [0.1, 0.15) is 19.3 Å². The summed E-state index contributed by atoms with van der Waals surface area (Å²) in [5.74, 6) is -5.54. The molecule has 11 heteroatoms. The summed E-state index contributed by atoms with van der Waals surface area (Å²) in [4.78, 5) is 45.8. The average molecular weight is 367 g/mol. The van der Waals surface area contributed by atoms with E-state index in [1.54, 1.807) is 0 Å². The lowest BCUT2D eigenvalue weighted by Gasteiger charge is -2.25. The summed E-state index contributed by atoms with van der Waals surface area (Å²) in [6.07, 6.45) is -0.239. The summed E-state index contributed by atoms with van der Waals surface area (Å²) in [5.41, 5.74) is 12.2. The lowest BCUT2D eigenvalue weighted by molar-refractivity contribution is -0.149. The van der Waals surface area contributed by atoms with Gasteiger partial charge in [0.25, 0.3) is 0 Å². The smallest absolute Gasteiger partial charge is 0.332 e. The molecule has 0 rings (SSSR count). The first-order chi connectivity index (χ1) is 10.5. The number of carbonyl (C=O) groups is 4. The Morgan fingerprint density at radius 3 is 1.74 bits per heavy atom. The van der Waals surface area contributed by atoms with Crippen LogP contribution in [-0.2, 0) is 19.2 Å². The highest BCUT2D eigenvalue weighted by Gasteiger charge is 2.43. The van der Waals surface area contributed by atoms with E-state index in [4.69, 9.17) is 27.4 Å². The minimum atomic E-state index is -2.21. The third-order valence-electron chi connectivity index (χ3n) is 3.46. The van der Waals surface area contributed by atoms with Gasteiger partial charge in [-0.05, 0) is 12.8 Å². The average Bonchev–Trinajstić information content (AvgIpc) is 2.51. The van der Waals surface area contributed by atoms with Gasteiger partial charge in [-0.2, -0.15) is 25.3 Å². The molecule has 0 aliphatic heterocycles. The Morgan fingerprint density at radius 1 is 0.957 bits per heavy atom. The molecule has 3 atom stereocenters. The first-order valence-corrected chi connectivity index (χ1v) is 7.83. The fourth-order valence-electron chi connectivity index (χ4n) is 1.69. The lowest BCUT2D eigenvalue weighted by Crippen LogP contribution is -2.61. The van der Waals surface area contributed by atoms with Crippen molar-refractivity contribution in [3.05, 3.63) is 0 Å². The molecule has 0 aliphatic rings. The molecule has 0 aliphatic carbocycles. The third-order valence-corrected chi connectivity index (χ3v) is 4.45. The van der Waals surface area contributed by atoms with Crippen molar-refractivity contribution >= 4 is 48.8 Å². The number of hydrogen-bond donors (Lipinski definition) is 7. The van der Waals surface area contributed by atoms with Crippen LogP contribution in [0.2, 0.25) is 0 Å². The number of Topliss-reactive ketones (excluding diaryl/α,β-unsaturated/α-hetero) is 2. The van der Waals surface area contributed by atoms with E-state index < -0.39 is 46.4 Å². The molecule has 0 aromatic rings. The quantitative estimate of drug-likeness (QED) is 0.161. The molecule has 0 fully saturated rings. The van der Waals surface area contributed by atoms with Gasteiger partial charge in [-0.1, -0.05) is 0 Å². The summed E-state index contributed by atoms with van der Waals surface area (Å²) >= 11 is 7.50. The van der Waals surface area contributed by atoms with Crippen LogP contribution >= 0.6 is 25.3 Å². The fourth-order valence-corrected chi connectivity index (χ4v) is 2.30. The van der Waals surface area contributed by atoms with Crippen molar-refractivity contribution in [1.29, 1.82) is 0 Å². The fraction of sp³-hybridized carbons (Fsp3) is 0.667. The van der Waals surface area contributed by atoms with Gasteiger partial charge >= 0.3 is 11.9 Å². The highest BCUT2D eigenvalue weighted by atomic mass is 32.1. The van der Waals surface area contributed by atoms with Crippen molar-refractivity contribution in [2.45, 2.75) is 36.4 Å². The highest BCUT2D eigenvalue weighted by molar-refractivity contribution is 7.80. The van der Waals surface area contributed by atoms with Gasteiger partial charge in [0, 0.05) is 17.9 Å². The van der Waals surface area contributed by atoms with Crippen molar-refractivity contribution in [3.63, 3.8) is 0 Å². The maximum Gasteiger partial charge on any atom is 0.332 e. The second-order valence-electron chi connectivity index (χ2n) is 5.16. The van der Waals surface area contributed by atoms with Gasteiger partial charge in [-0.15, -0.1) is 0 Å².